The Hall–Kier alpha value is -3.03. The topological polar surface area (TPSA) is 131 Å². The molecule has 2 N–H and O–H groups in total. The van der Waals surface area contributed by atoms with Crippen LogP contribution < -0.4 is 14.2 Å². The largest absolute Gasteiger partial charge is 0.496 e. The Labute approximate surface area is 230 Å². The number of carbonyl (C=O) groups excluding carboxylic acids is 1. The number of methoxy groups -OCH3 is 1. The fraction of sp³-hybridized carbons (Fsp3) is 0.208. The molecule has 0 radical (unpaired) electrons. The van der Waals surface area contributed by atoms with Crippen LogP contribution in [0.25, 0.3) is 0 Å². The fourth-order valence-corrected chi connectivity index (χ4v) is 6.33. The summed E-state index contributed by atoms with van der Waals surface area (Å²) in [5.41, 5.74) is 0.360. The van der Waals surface area contributed by atoms with Crippen LogP contribution in [-0.4, -0.2) is 61.1 Å². The van der Waals surface area contributed by atoms with Crippen LogP contribution in [0.2, 0.25) is 10.0 Å². The zero-order valence-electron chi connectivity index (χ0n) is 20.0. The number of hydrogen-bond donors (Lipinski definition) is 2. The van der Waals surface area contributed by atoms with Crippen LogP contribution in [0.3, 0.4) is 0 Å². The lowest BCUT2D eigenvalue weighted by Gasteiger charge is -2.27. The number of amides is 1. The third kappa shape index (κ3) is 6.33. The van der Waals surface area contributed by atoms with Crippen LogP contribution in [0.15, 0.2) is 70.5 Å². The minimum atomic E-state index is -4.13. The van der Waals surface area contributed by atoms with Crippen molar-refractivity contribution in [2.45, 2.75) is 9.79 Å². The summed E-state index contributed by atoms with van der Waals surface area (Å²) in [5.74, 6) is -0.131. The second-order valence-electron chi connectivity index (χ2n) is 8.13. The number of nitrogens with zero attached hydrogens (tertiary/aromatic N) is 1. The number of morpholine rings is 1. The molecular formula is C24H23Cl2N3O7S2. The average molecular weight is 601 g/mol. The van der Waals surface area contributed by atoms with Crippen molar-refractivity contribution in [1.82, 2.24) is 4.90 Å². The highest BCUT2D eigenvalue weighted by atomic mass is 35.5. The maximum atomic E-state index is 13.1. The van der Waals surface area contributed by atoms with Crippen LogP contribution in [0.4, 0.5) is 11.4 Å². The first kappa shape index (κ1) is 28.0. The molecule has 0 spiro atoms. The Kier molecular flexibility index (Phi) is 8.38. The van der Waals surface area contributed by atoms with Crippen molar-refractivity contribution in [2.24, 2.45) is 0 Å². The number of halogens is 2. The van der Waals surface area contributed by atoms with Gasteiger partial charge in [0.25, 0.3) is 26.0 Å². The molecule has 4 rings (SSSR count). The van der Waals surface area contributed by atoms with Crippen molar-refractivity contribution in [3.05, 3.63) is 76.3 Å². The lowest BCUT2D eigenvalue weighted by Crippen LogP contribution is -2.40. The molecule has 202 valence electrons. The number of benzene rings is 3. The first-order valence-electron chi connectivity index (χ1n) is 11.2. The molecule has 3 aromatic carbocycles. The minimum absolute atomic E-state index is 0.102. The predicted molar refractivity (Wildman–Crippen MR) is 144 cm³/mol. The summed E-state index contributed by atoms with van der Waals surface area (Å²) in [6, 6.07) is 13.4. The fourth-order valence-electron chi connectivity index (χ4n) is 3.65. The molecule has 38 heavy (non-hydrogen) atoms. The van der Waals surface area contributed by atoms with Gasteiger partial charge in [-0.15, -0.1) is 0 Å². The zero-order chi connectivity index (χ0) is 27.5. The van der Waals surface area contributed by atoms with Gasteiger partial charge >= 0.3 is 0 Å². The van der Waals surface area contributed by atoms with Crippen molar-refractivity contribution in [2.75, 3.05) is 42.9 Å². The van der Waals surface area contributed by atoms with Crippen molar-refractivity contribution >= 4 is 60.5 Å². The lowest BCUT2D eigenvalue weighted by molar-refractivity contribution is 0.0300. The van der Waals surface area contributed by atoms with E-state index in [1.165, 1.54) is 67.8 Å². The summed E-state index contributed by atoms with van der Waals surface area (Å²) < 4.78 is 67.0. The number of rotatable bonds is 8. The van der Waals surface area contributed by atoms with E-state index in [0.717, 1.165) is 0 Å². The molecule has 10 nitrogen and oxygen atoms in total. The van der Waals surface area contributed by atoms with E-state index >= 15 is 0 Å². The molecule has 1 heterocycles. The first-order valence-corrected chi connectivity index (χ1v) is 14.9. The van der Waals surface area contributed by atoms with Crippen LogP contribution in [-0.2, 0) is 24.8 Å². The smallest absolute Gasteiger partial charge is 0.261 e. The van der Waals surface area contributed by atoms with Gasteiger partial charge in [-0.3, -0.25) is 14.2 Å². The first-order chi connectivity index (χ1) is 18.0. The quantitative estimate of drug-likeness (QED) is 0.399. The maximum absolute atomic E-state index is 13.1. The van der Waals surface area contributed by atoms with Gasteiger partial charge in [0.1, 0.15) is 5.75 Å². The second kappa shape index (κ2) is 11.4. The highest BCUT2D eigenvalue weighted by molar-refractivity contribution is 7.93. The van der Waals surface area contributed by atoms with Gasteiger partial charge in [-0.05, 0) is 60.7 Å². The summed E-state index contributed by atoms with van der Waals surface area (Å²) in [4.78, 5) is 14.3. The van der Waals surface area contributed by atoms with Crippen LogP contribution in [0.1, 0.15) is 10.4 Å². The molecule has 1 aliphatic rings. The van der Waals surface area contributed by atoms with Crippen LogP contribution in [0.5, 0.6) is 5.75 Å². The molecule has 0 aliphatic carbocycles. The summed E-state index contributed by atoms with van der Waals surface area (Å²) in [7, 11) is -6.75. The second-order valence-corrected chi connectivity index (χ2v) is 12.3. The monoisotopic (exact) mass is 599 g/mol. The number of sulfonamides is 2. The molecule has 0 saturated carbocycles. The van der Waals surface area contributed by atoms with Crippen molar-refractivity contribution in [3.8, 4) is 5.75 Å². The van der Waals surface area contributed by atoms with Gasteiger partial charge in [0.05, 0.1) is 46.4 Å². The summed E-state index contributed by atoms with van der Waals surface area (Å²) in [6.07, 6.45) is 0. The number of nitrogens with one attached hydrogen (secondary N) is 2. The molecule has 3 aromatic rings. The van der Waals surface area contributed by atoms with Crippen molar-refractivity contribution in [3.63, 3.8) is 0 Å². The lowest BCUT2D eigenvalue weighted by atomic mass is 10.1. The molecule has 0 aromatic heterocycles. The highest BCUT2D eigenvalue weighted by Crippen LogP contribution is 2.29. The van der Waals surface area contributed by atoms with E-state index in [4.69, 9.17) is 32.7 Å². The van der Waals surface area contributed by atoms with Crippen molar-refractivity contribution < 1.29 is 31.1 Å². The van der Waals surface area contributed by atoms with Crippen molar-refractivity contribution in [1.29, 1.82) is 0 Å². The molecular weight excluding hydrogens is 577 g/mol. The van der Waals surface area contributed by atoms with Gasteiger partial charge in [-0.2, -0.15) is 0 Å². The number of ether oxygens (including phenoxy) is 2. The van der Waals surface area contributed by atoms with Gasteiger partial charge < -0.3 is 14.4 Å². The Morgan fingerprint density at radius 2 is 1.50 bits per heavy atom. The number of carbonyl (C=O) groups is 1. The Morgan fingerprint density at radius 3 is 2.13 bits per heavy atom. The molecule has 1 saturated heterocycles. The van der Waals surface area contributed by atoms with E-state index in [1.807, 2.05) is 0 Å². The van der Waals surface area contributed by atoms with Gasteiger partial charge in [-0.1, -0.05) is 23.2 Å². The van der Waals surface area contributed by atoms with Crippen LogP contribution in [0, 0.1) is 0 Å². The summed E-state index contributed by atoms with van der Waals surface area (Å²) in [6.45, 7) is 1.54. The van der Waals surface area contributed by atoms with E-state index in [0.29, 0.717) is 31.3 Å². The molecule has 1 amide bonds. The van der Waals surface area contributed by atoms with E-state index in [9.17, 15) is 21.6 Å². The zero-order valence-corrected chi connectivity index (χ0v) is 23.1. The van der Waals surface area contributed by atoms with E-state index in [1.54, 1.807) is 4.90 Å². The van der Waals surface area contributed by atoms with E-state index in [-0.39, 0.29) is 43.4 Å². The molecule has 14 heteroatoms. The molecule has 0 bridgehead atoms. The van der Waals surface area contributed by atoms with E-state index in [2.05, 4.69) is 9.44 Å². The SMILES string of the molecule is COc1ccc(S(=O)(=O)Nc2ccc(S(=O)(=O)Nc3ccc(Cl)cc3Cl)cc2)cc1C(=O)N1CCOCC1. The third-order valence-electron chi connectivity index (χ3n) is 5.60. The normalized spacial score (nSPS) is 14.1. The number of hydrogen-bond acceptors (Lipinski definition) is 7. The van der Waals surface area contributed by atoms with Gasteiger partial charge in [0, 0.05) is 23.8 Å². The molecule has 1 aliphatic heterocycles. The van der Waals surface area contributed by atoms with Gasteiger partial charge in [0.15, 0.2) is 0 Å². The summed E-state index contributed by atoms with van der Waals surface area (Å²) in [5, 5.41) is 0.473. The summed E-state index contributed by atoms with van der Waals surface area (Å²) >= 11 is 11.9. The standard InChI is InChI=1S/C24H23Cl2N3O7S2/c1-35-23-9-7-19(15-20(23)24(30)29-10-12-36-13-11-29)38(33,34)27-17-3-5-18(6-4-17)37(31,32)28-22-8-2-16(25)14-21(22)26/h2-9,14-15,27-28H,10-13H2,1H3. The Bertz CT molecular complexity index is 1560. The average Bonchev–Trinajstić information content (AvgIpc) is 2.90. The molecule has 1 fully saturated rings. The predicted octanol–water partition coefficient (Wildman–Crippen LogP) is 4.08. The minimum Gasteiger partial charge on any atom is -0.496 e. The van der Waals surface area contributed by atoms with Gasteiger partial charge in [-0.25, -0.2) is 16.8 Å². The van der Waals surface area contributed by atoms with Gasteiger partial charge in [0.2, 0.25) is 0 Å². The Morgan fingerprint density at radius 1 is 0.868 bits per heavy atom. The van der Waals surface area contributed by atoms with E-state index < -0.39 is 20.0 Å². The molecule has 0 atom stereocenters. The Balaban J connectivity index is 1.53. The maximum Gasteiger partial charge on any atom is 0.261 e. The highest BCUT2D eigenvalue weighted by Gasteiger charge is 2.25. The third-order valence-corrected chi connectivity index (χ3v) is 8.91. The molecule has 0 unspecified atom stereocenters. The number of anilines is 2. The van der Waals surface area contributed by atoms with Crippen LogP contribution >= 0.6 is 23.2 Å².